The van der Waals surface area contributed by atoms with Crippen LogP contribution in [-0.2, 0) is 4.79 Å². The van der Waals surface area contributed by atoms with Crippen LogP contribution in [0.2, 0.25) is 0 Å². The Kier molecular flexibility index (Phi) is 2.46. The van der Waals surface area contributed by atoms with Gasteiger partial charge in [0.25, 0.3) is 0 Å². The van der Waals surface area contributed by atoms with Crippen molar-refractivity contribution in [2.75, 3.05) is 23.8 Å². The Morgan fingerprint density at radius 1 is 1.64 bits per heavy atom. The Balaban J connectivity index is 2.39. The van der Waals surface area contributed by atoms with Gasteiger partial charge in [-0.15, -0.1) is 0 Å². The van der Waals surface area contributed by atoms with E-state index in [2.05, 4.69) is 26.1 Å². The van der Waals surface area contributed by atoms with E-state index in [1.54, 1.807) is 0 Å². The maximum Gasteiger partial charge on any atom is 0.144 e. The molecule has 1 N–H and O–H groups in total. The molecule has 74 valence electrons. The van der Waals surface area contributed by atoms with E-state index in [1.807, 2.05) is 25.2 Å². The standard InChI is InChI=1S/C10H11BrN2O/c1-13-5-8(6-14)12-9-3-2-7(11)4-10(9)13/h2-4,6,8,12H,5H2,1H3. The molecule has 3 nitrogen and oxygen atoms in total. The summed E-state index contributed by atoms with van der Waals surface area (Å²) in [5.41, 5.74) is 2.14. The first-order chi connectivity index (χ1) is 6.70. The van der Waals surface area contributed by atoms with Gasteiger partial charge in [-0.25, -0.2) is 0 Å². The number of aldehydes is 1. The molecule has 14 heavy (non-hydrogen) atoms. The molecule has 0 radical (unpaired) electrons. The molecule has 0 aromatic heterocycles. The molecule has 2 rings (SSSR count). The summed E-state index contributed by atoms with van der Waals surface area (Å²) >= 11 is 3.43. The molecule has 1 aliphatic rings. The largest absolute Gasteiger partial charge is 0.372 e. The van der Waals surface area contributed by atoms with Crippen LogP contribution in [0.4, 0.5) is 11.4 Å². The van der Waals surface area contributed by atoms with Gasteiger partial charge in [0.05, 0.1) is 17.4 Å². The van der Waals surface area contributed by atoms with Crippen molar-refractivity contribution in [3.05, 3.63) is 22.7 Å². The van der Waals surface area contributed by atoms with Crippen LogP contribution < -0.4 is 10.2 Å². The minimum absolute atomic E-state index is 0.103. The van der Waals surface area contributed by atoms with Crippen molar-refractivity contribution in [3.63, 3.8) is 0 Å². The van der Waals surface area contributed by atoms with E-state index in [0.29, 0.717) is 6.54 Å². The lowest BCUT2D eigenvalue weighted by atomic mass is 10.1. The van der Waals surface area contributed by atoms with Crippen LogP contribution in [0.15, 0.2) is 22.7 Å². The van der Waals surface area contributed by atoms with E-state index in [9.17, 15) is 4.79 Å². The second-order valence-corrected chi connectivity index (χ2v) is 4.34. The molecular formula is C10H11BrN2O. The molecule has 0 spiro atoms. The first-order valence-electron chi connectivity index (χ1n) is 4.43. The van der Waals surface area contributed by atoms with Crippen LogP contribution in [0.5, 0.6) is 0 Å². The number of carbonyl (C=O) groups is 1. The molecule has 0 fully saturated rings. The SMILES string of the molecule is CN1CC(C=O)Nc2ccc(Br)cc21. The summed E-state index contributed by atoms with van der Waals surface area (Å²) in [4.78, 5) is 12.8. The number of anilines is 2. The maximum absolute atomic E-state index is 10.7. The summed E-state index contributed by atoms with van der Waals surface area (Å²) in [6.45, 7) is 0.715. The number of hydrogen-bond donors (Lipinski definition) is 1. The average molecular weight is 255 g/mol. The summed E-state index contributed by atoms with van der Waals surface area (Å²) in [5, 5.41) is 3.17. The Morgan fingerprint density at radius 3 is 3.14 bits per heavy atom. The minimum atomic E-state index is -0.103. The fourth-order valence-corrected chi connectivity index (χ4v) is 2.01. The van der Waals surface area contributed by atoms with Gasteiger partial charge in [0, 0.05) is 18.1 Å². The monoisotopic (exact) mass is 254 g/mol. The highest BCUT2D eigenvalue weighted by Crippen LogP contribution is 2.31. The van der Waals surface area contributed by atoms with E-state index >= 15 is 0 Å². The van der Waals surface area contributed by atoms with Crippen molar-refractivity contribution in [2.24, 2.45) is 0 Å². The molecule has 1 aromatic rings. The van der Waals surface area contributed by atoms with Crippen LogP contribution in [0.1, 0.15) is 0 Å². The Hall–Kier alpha value is -1.03. The van der Waals surface area contributed by atoms with Crippen molar-refractivity contribution in [1.29, 1.82) is 0 Å². The highest BCUT2D eigenvalue weighted by atomic mass is 79.9. The van der Waals surface area contributed by atoms with E-state index in [0.717, 1.165) is 22.1 Å². The van der Waals surface area contributed by atoms with Crippen molar-refractivity contribution < 1.29 is 4.79 Å². The lowest BCUT2D eigenvalue weighted by Crippen LogP contribution is -2.40. The number of rotatable bonds is 1. The second-order valence-electron chi connectivity index (χ2n) is 3.43. The molecule has 1 atom stereocenters. The van der Waals surface area contributed by atoms with Crippen LogP contribution in [0.3, 0.4) is 0 Å². The summed E-state index contributed by atoms with van der Waals surface area (Å²) < 4.78 is 1.05. The van der Waals surface area contributed by atoms with E-state index in [4.69, 9.17) is 0 Å². The van der Waals surface area contributed by atoms with Crippen molar-refractivity contribution >= 4 is 33.6 Å². The highest BCUT2D eigenvalue weighted by molar-refractivity contribution is 9.10. The van der Waals surface area contributed by atoms with Gasteiger partial charge in [0.1, 0.15) is 6.29 Å². The van der Waals surface area contributed by atoms with Crippen LogP contribution in [0, 0.1) is 0 Å². The molecule has 0 saturated carbocycles. The van der Waals surface area contributed by atoms with E-state index < -0.39 is 0 Å². The van der Waals surface area contributed by atoms with Crippen LogP contribution >= 0.6 is 15.9 Å². The van der Waals surface area contributed by atoms with Gasteiger partial charge in [-0.05, 0) is 18.2 Å². The third kappa shape index (κ3) is 1.62. The van der Waals surface area contributed by atoms with Crippen LogP contribution in [-0.4, -0.2) is 25.9 Å². The fourth-order valence-electron chi connectivity index (χ4n) is 1.66. The predicted molar refractivity (Wildman–Crippen MR) is 60.9 cm³/mol. The van der Waals surface area contributed by atoms with Gasteiger partial charge < -0.3 is 15.0 Å². The summed E-state index contributed by atoms with van der Waals surface area (Å²) in [6, 6.07) is 5.88. The van der Waals surface area contributed by atoms with Gasteiger partial charge in [0.15, 0.2) is 0 Å². The van der Waals surface area contributed by atoms with Crippen molar-refractivity contribution in [3.8, 4) is 0 Å². The molecule has 0 amide bonds. The van der Waals surface area contributed by atoms with Crippen molar-refractivity contribution in [1.82, 2.24) is 0 Å². The number of nitrogens with zero attached hydrogens (tertiary/aromatic N) is 1. The van der Waals surface area contributed by atoms with Gasteiger partial charge in [0.2, 0.25) is 0 Å². The Morgan fingerprint density at radius 2 is 2.43 bits per heavy atom. The lowest BCUT2D eigenvalue weighted by molar-refractivity contribution is -0.108. The molecule has 0 bridgehead atoms. The first-order valence-corrected chi connectivity index (χ1v) is 5.22. The number of carbonyl (C=O) groups excluding carboxylic acids is 1. The first kappa shape index (κ1) is 9.52. The van der Waals surface area contributed by atoms with Gasteiger partial charge in [-0.1, -0.05) is 15.9 Å². The average Bonchev–Trinajstić information content (AvgIpc) is 2.19. The second kappa shape index (κ2) is 3.61. The number of benzene rings is 1. The van der Waals surface area contributed by atoms with E-state index in [-0.39, 0.29) is 6.04 Å². The third-order valence-electron chi connectivity index (χ3n) is 2.35. The molecule has 0 aliphatic carbocycles. The van der Waals surface area contributed by atoms with Gasteiger partial charge >= 0.3 is 0 Å². The topological polar surface area (TPSA) is 32.3 Å². The van der Waals surface area contributed by atoms with Crippen molar-refractivity contribution in [2.45, 2.75) is 6.04 Å². The lowest BCUT2D eigenvalue weighted by Gasteiger charge is -2.32. The summed E-state index contributed by atoms with van der Waals surface area (Å²) in [6.07, 6.45) is 0.946. The van der Waals surface area contributed by atoms with Gasteiger partial charge in [-0.3, -0.25) is 0 Å². The molecule has 1 unspecified atom stereocenters. The zero-order valence-corrected chi connectivity index (χ0v) is 9.41. The summed E-state index contributed by atoms with van der Waals surface area (Å²) in [5.74, 6) is 0. The highest BCUT2D eigenvalue weighted by Gasteiger charge is 2.20. The Labute approximate surface area is 91.2 Å². The minimum Gasteiger partial charge on any atom is -0.372 e. The third-order valence-corrected chi connectivity index (χ3v) is 2.84. The number of likely N-dealkylation sites (N-methyl/N-ethyl adjacent to an activating group) is 1. The predicted octanol–water partition coefficient (Wildman–Crippen LogP) is 1.88. The molecule has 4 heteroatoms. The molecule has 1 heterocycles. The number of halogens is 1. The zero-order chi connectivity index (χ0) is 10.1. The number of hydrogen-bond acceptors (Lipinski definition) is 3. The normalized spacial score (nSPS) is 19.9. The van der Waals surface area contributed by atoms with E-state index in [1.165, 1.54) is 0 Å². The maximum atomic E-state index is 10.7. The zero-order valence-electron chi connectivity index (χ0n) is 7.83. The molecular weight excluding hydrogens is 244 g/mol. The molecule has 0 saturated heterocycles. The number of nitrogens with one attached hydrogen (secondary N) is 1. The number of fused-ring (bicyclic) bond motifs is 1. The van der Waals surface area contributed by atoms with Gasteiger partial charge in [-0.2, -0.15) is 0 Å². The quantitative estimate of drug-likeness (QED) is 0.777. The molecule has 1 aliphatic heterocycles. The summed E-state index contributed by atoms with van der Waals surface area (Å²) in [7, 11) is 1.99. The Bertz CT molecular complexity index is 367. The molecule has 1 aromatic carbocycles. The van der Waals surface area contributed by atoms with Crippen LogP contribution in [0.25, 0.3) is 0 Å². The smallest absolute Gasteiger partial charge is 0.144 e. The fraction of sp³-hybridized carbons (Fsp3) is 0.300.